The molecule has 2 heteroatoms. The van der Waals surface area contributed by atoms with Crippen molar-refractivity contribution in [2.75, 3.05) is 6.54 Å². The lowest BCUT2D eigenvalue weighted by molar-refractivity contribution is 0.259. The van der Waals surface area contributed by atoms with Crippen LogP contribution in [0.2, 0.25) is 0 Å². The Morgan fingerprint density at radius 1 is 1.54 bits per heavy atom. The zero-order chi connectivity index (χ0) is 9.47. The van der Waals surface area contributed by atoms with Gasteiger partial charge in [-0.1, -0.05) is 13.8 Å². The minimum Gasteiger partial charge on any atom is -0.306 e. The number of hydrogen-bond acceptors (Lipinski definition) is 2. The van der Waals surface area contributed by atoms with E-state index < -0.39 is 0 Å². The van der Waals surface area contributed by atoms with Gasteiger partial charge in [-0.25, -0.2) is 0 Å². The molecule has 1 aliphatic rings. The van der Waals surface area contributed by atoms with Crippen LogP contribution in [0.5, 0.6) is 0 Å². The molecule has 0 saturated carbocycles. The molecular formula is C11H17NS. The SMILES string of the molecule is CC(C)C1(C)NCCc2ccsc21. The first-order valence-electron chi connectivity index (χ1n) is 4.96. The first-order valence-corrected chi connectivity index (χ1v) is 5.84. The number of nitrogens with one attached hydrogen (secondary N) is 1. The first kappa shape index (κ1) is 9.22. The summed E-state index contributed by atoms with van der Waals surface area (Å²) in [5, 5.41) is 5.87. The van der Waals surface area contributed by atoms with Crippen molar-refractivity contribution >= 4 is 11.3 Å². The molecule has 72 valence electrons. The molecule has 1 nitrogen and oxygen atoms in total. The largest absolute Gasteiger partial charge is 0.306 e. The maximum Gasteiger partial charge on any atom is 0.0526 e. The minimum atomic E-state index is 0.210. The Bertz CT molecular complexity index is 303. The molecule has 0 bridgehead atoms. The maximum atomic E-state index is 3.65. The van der Waals surface area contributed by atoms with Crippen LogP contribution in [0.4, 0.5) is 0 Å². The van der Waals surface area contributed by atoms with Gasteiger partial charge in [0, 0.05) is 11.4 Å². The van der Waals surface area contributed by atoms with Crippen LogP contribution in [0.15, 0.2) is 11.4 Å². The predicted molar refractivity (Wildman–Crippen MR) is 58.2 cm³/mol. The Morgan fingerprint density at radius 3 is 3.00 bits per heavy atom. The van der Waals surface area contributed by atoms with Gasteiger partial charge in [0.05, 0.1) is 5.54 Å². The van der Waals surface area contributed by atoms with Crippen molar-refractivity contribution in [1.82, 2.24) is 5.32 Å². The first-order chi connectivity index (χ1) is 6.14. The van der Waals surface area contributed by atoms with E-state index in [4.69, 9.17) is 0 Å². The summed E-state index contributed by atoms with van der Waals surface area (Å²) in [5.74, 6) is 0.658. The summed E-state index contributed by atoms with van der Waals surface area (Å²) in [4.78, 5) is 1.55. The van der Waals surface area contributed by atoms with Gasteiger partial charge in [0.1, 0.15) is 0 Å². The lowest BCUT2D eigenvalue weighted by Gasteiger charge is -2.38. The van der Waals surface area contributed by atoms with Crippen LogP contribution in [-0.4, -0.2) is 6.54 Å². The molecule has 1 unspecified atom stereocenters. The molecule has 1 N–H and O–H groups in total. The molecule has 0 amide bonds. The Balaban J connectivity index is 2.45. The van der Waals surface area contributed by atoms with Crippen molar-refractivity contribution in [2.24, 2.45) is 5.92 Å². The fourth-order valence-electron chi connectivity index (χ4n) is 1.99. The van der Waals surface area contributed by atoms with Gasteiger partial charge in [-0.05, 0) is 36.3 Å². The minimum absolute atomic E-state index is 0.210. The summed E-state index contributed by atoms with van der Waals surface area (Å²) in [6, 6.07) is 2.28. The van der Waals surface area contributed by atoms with E-state index in [2.05, 4.69) is 37.5 Å². The van der Waals surface area contributed by atoms with Crippen LogP contribution < -0.4 is 5.32 Å². The Hall–Kier alpha value is -0.340. The van der Waals surface area contributed by atoms with Gasteiger partial charge in [-0.15, -0.1) is 11.3 Å². The van der Waals surface area contributed by atoms with Crippen LogP contribution in [0.25, 0.3) is 0 Å². The molecule has 0 aromatic carbocycles. The summed E-state index contributed by atoms with van der Waals surface area (Å²) in [5.41, 5.74) is 1.77. The number of fused-ring (bicyclic) bond motifs is 1. The van der Waals surface area contributed by atoms with E-state index in [1.165, 1.54) is 6.42 Å². The zero-order valence-electron chi connectivity index (χ0n) is 8.55. The average molecular weight is 195 g/mol. The molecule has 1 aliphatic heterocycles. The Kier molecular flexibility index (Phi) is 2.20. The molecule has 2 rings (SSSR count). The van der Waals surface area contributed by atoms with Crippen LogP contribution in [0.3, 0.4) is 0 Å². The molecular weight excluding hydrogens is 178 g/mol. The zero-order valence-corrected chi connectivity index (χ0v) is 9.37. The molecule has 1 aromatic rings. The monoisotopic (exact) mass is 195 g/mol. The van der Waals surface area contributed by atoms with Crippen LogP contribution in [0.1, 0.15) is 31.2 Å². The van der Waals surface area contributed by atoms with Gasteiger partial charge < -0.3 is 5.32 Å². The van der Waals surface area contributed by atoms with E-state index in [0.717, 1.165) is 6.54 Å². The molecule has 13 heavy (non-hydrogen) atoms. The topological polar surface area (TPSA) is 12.0 Å². The van der Waals surface area contributed by atoms with Crippen molar-refractivity contribution in [3.05, 3.63) is 21.9 Å². The van der Waals surface area contributed by atoms with Crippen LogP contribution in [0, 0.1) is 5.92 Å². The molecule has 0 saturated heterocycles. The molecule has 0 fully saturated rings. The fraction of sp³-hybridized carbons (Fsp3) is 0.636. The van der Waals surface area contributed by atoms with E-state index >= 15 is 0 Å². The number of thiophene rings is 1. The predicted octanol–water partition coefficient (Wildman–Crippen LogP) is 2.77. The van der Waals surface area contributed by atoms with E-state index in [0.29, 0.717) is 5.92 Å². The quantitative estimate of drug-likeness (QED) is 0.726. The Morgan fingerprint density at radius 2 is 2.31 bits per heavy atom. The van der Waals surface area contributed by atoms with E-state index in [9.17, 15) is 0 Å². The molecule has 2 heterocycles. The summed E-state index contributed by atoms with van der Waals surface area (Å²) in [7, 11) is 0. The lowest BCUT2D eigenvalue weighted by Crippen LogP contribution is -2.47. The van der Waals surface area contributed by atoms with Crippen molar-refractivity contribution in [3.63, 3.8) is 0 Å². The molecule has 1 aromatic heterocycles. The van der Waals surface area contributed by atoms with Crippen LogP contribution >= 0.6 is 11.3 Å². The second-order valence-corrected chi connectivity index (χ2v) is 5.22. The molecule has 0 radical (unpaired) electrons. The van der Waals surface area contributed by atoms with Gasteiger partial charge in [0.25, 0.3) is 0 Å². The van der Waals surface area contributed by atoms with Crippen molar-refractivity contribution in [1.29, 1.82) is 0 Å². The highest BCUT2D eigenvalue weighted by molar-refractivity contribution is 7.10. The highest BCUT2D eigenvalue weighted by Crippen LogP contribution is 2.37. The van der Waals surface area contributed by atoms with Crippen molar-refractivity contribution < 1.29 is 0 Å². The second kappa shape index (κ2) is 3.10. The highest BCUT2D eigenvalue weighted by atomic mass is 32.1. The third kappa shape index (κ3) is 1.32. The average Bonchev–Trinajstić information content (AvgIpc) is 2.53. The van der Waals surface area contributed by atoms with Gasteiger partial charge in [0.2, 0.25) is 0 Å². The van der Waals surface area contributed by atoms with Crippen molar-refractivity contribution in [3.8, 4) is 0 Å². The summed E-state index contributed by atoms with van der Waals surface area (Å²) in [6.45, 7) is 8.04. The molecule has 1 atom stereocenters. The maximum absolute atomic E-state index is 3.65. The standard InChI is InChI=1S/C11H17NS/c1-8(2)11(3)10-9(4-6-12-11)5-7-13-10/h5,7-8,12H,4,6H2,1-3H3. The van der Waals surface area contributed by atoms with Gasteiger partial charge in [0.15, 0.2) is 0 Å². The third-order valence-electron chi connectivity index (χ3n) is 3.26. The number of rotatable bonds is 1. The number of hydrogen-bond donors (Lipinski definition) is 1. The lowest BCUT2D eigenvalue weighted by atomic mass is 9.82. The summed E-state index contributed by atoms with van der Waals surface area (Å²) >= 11 is 1.90. The van der Waals surface area contributed by atoms with Gasteiger partial charge in [-0.3, -0.25) is 0 Å². The smallest absolute Gasteiger partial charge is 0.0526 e. The van der Waals surface area contributed by atoms with Crippen molar-refractivity contribution in [2.45, 2.75) is 32.7 Å². The fourth-order valence-corrected chi connectivity index (χ4v) is 3.23. The van der Waals surface area contributed by atoms with E-state index in [1.807, 2.05) is 11.3 Å². The highest BCUT2D eigenvalue weighted by Gasteiger charge is 2.35. The summed E-state index contributed by atoms with van der Waals surface area (Å²) in [6.07, 6.45) is 1.20. The normalized spacial score (nSPS) is 27.7. The Labute approximate surface area is 84.2 Å². The second-order valence-electron chi connectivity index (χ2n) is 4.31. The van der Waals surface area contributed by atoms with E-state index in [1.54, 1.807) is 10.4 Å². The molecule has 0 aliphatic carbocycles. The van der Waals surface area contributed by atoms with Crippen LogP contribution in [-0.2, 0) is 12.0 Å². The summed E-state index contributed by atoms with van der Waals surface area (Å²) < 4.78 is 0. The third-order valence-corrected chi connectivity index (χ3v) is 4.45. The molecule has 0 spiro atoms. The van der Waals surface area contributed by atoms with Gasteiger partial charge in [-0.2, -0.15) is 0 Å². The van der Waals surface area contributed by atoms with E-state index in [-0.39, 0.29) is 5.54 Å². The van der Waals surface area contributed by atoms with Gasteiger partial charge >= 0.3 is 0 Å².